The number of carbonyl (C=O) groups excluding carboxylic acids is 1. The zero-order valence-electron chi connectivity index (χ0n) is 18.4. The van der Waals surface area contributed by atoms with Gasteiger partial charge >= 0.3 is 11.9 Å². The standard InChI is InChI=1S/C22H35NO5/c1-16-9-10-17(2)19(13-16)27-12-8-11-22(3,4)21(26)28-18(14-20(24)25)15-23(5,6)7/h9-10,13,18H,8,11-12,14-15H2,1-7H3/p+1. The Labute approximate surface area is 169 Å². The Balaban J connectivity index is 2.58. The van der Waals surface area contributed by atoms with E-state index in [1.807, 2.05) is 67.0 Å². The van der Waals surface area contributed by atoms with Crippen molar-refractivity contribution in [2.45, 2.75) is 53.1 Å². The van der Waals surface area contributed by atoms with E-state index in [1.54, 1.807) is 0 Å². The van der Waals surface area contributed by atoms with E-state index >= 15 is 0 Å². The molecule has 0 spiro atoms. The van der Waals surface area contributed by atoms with E-state index in [9.17, 15) is 9.59 Å². The molecule has 1 atom stereocenters. The van der Waals surface area contributed by atoms with E-state index in [0.29, 0.717) is 30.5 Å². The van der Waals surface area contributed by atoms with E-state index in [0.717, 1.165) is 16.9 Å². The van der Waals surface area contributed by atoms with Crippen molar-refractivity contribution < 1.29 is 28.7 Å². The predicted octanol–water partition coefficient (Wildman–Crippen LogP) is 3.58. The Morgan fingerprint density at radius 1 is 1.18 bits per heavy atom. The molecule has 0 amide bonds. The Bertz CT molecular complexity index is 676. The second-order valence-electron chi connectivity index (χ2n) is 9.20. The highest BCUT2D eigenvalue weighted by Crippen LogP contribution is 2.26. The molecule has 6 nitrogen and oxygen atoms in total. The van der Waals surface area contributed by atoms with Crippen molar-refractivity contribution in [3.05, 3.63) is 29.3 Å². The van der Waals surface area contributed by atoms with Gasteiger partial charge in [0, 0.05) is 0 Å². The number of aryl methyl sites for hydroxylation is 2. The smallest absolute Gasteiger partial charge is 0.312 e. The van der Waals surface area contributed by atoms with Gasteiger partial charge in [0.1, 0.15) is 12.3 Å². The van der Waals surface area contributed by atoms with Gasteiger partial charge in [0.2, 0.25) is 0 Å². The molecule has 158 valence electrons. The molecule has 0 heterocycles. The van der Waals surface area contributed by atoms with Gasteiger partial charge in [-0.25, -0.2) is 0 Å². The number of carboxylic acids is 1. The van der Waals surface area contributed by atoms with Crippen molar-refractivity contribution in [1.82, 2.24) is 0 Å². The first-order valence-electron chi connectivity index (χ1n) is 9.73. The molecule has 0 radical (unpaired) electrons. The van der Waals surface area contributed by atoms with Gasteiger partial charge in [0.05, 0.1) is 39.6 Å². The number of nitrogens with zero attached hydrogens (tertiary/aromatic N) is 1. The molecule has 28 heavy (non-hydrogen) atoms. The third-order valence-corrected chi connectivity index (χ3v) is 4.53. The summed E-state index contributed by atoms with van der Waals surface area (Å²) in [6.07, 6.45) is 0.470. The second kappa shape index (κ2) is 9.92. The molecule has 1 aromatic rings. The van der Waals surface area contributed by atoms with E-state index in [4.69, 9.17) is 14.6 Å². The van der Waals surface area contributed by atoms with Crippen LogP contribution in [0.25, 0.3) is 0 Å². The first-order valence-corrected chi connectivity index (χ1v) is 9.73. The Morgan fingerprint density at radius 2 is 1.82 bits per heavy atom. The summed E-state index contributed by atoms with van der Waals surface area (Å²) in [5, 5.41) is 9.11. The van der Waals surface area contributed by atoms with Crippen molar-refractivity contribution in [1.29, 1.82) is 0 Å². The first kappa shape index (κ1) is 24.0. The quantitative estimate of drug-likeness (QED) is 0.353. The lowest BCUT2D eigenvalue weighted by molar-refractivity contribution is -0.873. The van der Waals surface area contributed by atoms with Crippen LogP contribution in [0.1, 0.15) is 44.2 Å². The topological polar surface area (TPSA) is 72.8 Å². The van der Waals surface area contributed by atoms with Gasteiger partial charge in [-0.1, -0.05) is 12.1 Å². The van der Waals surface area contributed by atoms with Gasteiger partial charge in [-0.2, -0.15) is 0 Å². The van der Waals surface area contributed by atoms with Gasteiger partial charge in [0.25, 0.3) is 0 Å². The highest BCUT2D eigenvalue weighted by atomic mass is 16.5. The molecular weight excluding hydrogens is 358 g/mol. The van der Waals surface area contributed by atoms with Crippen LogP contribution in [0.2, 0.25) is 0 Å². The van der Waals surface area contributed by atoms with Crippen LogP contribution in [-0.2, 0) is 14.3 Å². The maximum atomic E-state index is 12.6. The minimum Gasteiger partial charge on any atom is -0.493 e. The number of ether oxygens (including phenoxy) is 2. The van der Waals surface area contributed by atoms with Gasteiger partial charge in [-0.15, -0.1) is 0 Å². The SMILES string of the molecule is Cc1ccc(C)c(OCCCC(C)(C)C(=O)OC(CC(=O)O)C[N+](C)(C)C)c1. The molecule has 0 aromatic heterocycles. The van der Waals surface area contributed by atoms with Crippen molar-refractivity contribution in [3.8, 4) is 5.75 Å². The molecule has 0 aliphatic heterocycles. The number of quaternary nitrogens is 1. The highest BCUT2D eigenvalue weighted by molar-refractivity contribution is 5.76. The van der Waals surface area contributed by atoms with E-state index in [1.165, 1.54) is 0 Å². The number of esters is 1. The molecule has 1 aromatic carbocycles. The predicted molar refractivity (Wildman–Crippen MR) is 109 cm³/mol. The zero-order valence-corrected chi connectivity index (χ0v) is 18.4. The van der Waals surface area contributed by atoms with E-state index in [-0.39, 0.29) is 12.4 Å². The third-order valence-electron chi connectivity index (χ3n) is 4.53. The molecule has 6 heteroatoms. The fourth-order valence-corrected chi connectivity index (χ4v) is 2.92. The third kappa shape index (κ3) is 8.74. The minimum absolute atomic E-state index is 0.187. The Kier molecular flexibility index (Phi) is 8.48. The molecule has 0 bridgehead atoms. The molecule has 1 N–H and O–H groups in total. The number of carbonyl (C=O) groups is 2. The molecule has 1 unspecified atom stereocenters. The van der Waals surface area contributed by atoms with Crippen LogP contribution in [0.5, 0.6) is 5.75 Å². The molecule has 1 rings (SSSR count). The van der Waals surface area contributed by atoms with Crippen LogP contribution in [0.4, 0.5) is 0 Å². The van der Waals surface area contributed by atoms with Crippen LogP contribution in [0.15, 0.2) is 18.2 Å². The molecule has 0 saturated carbocycles. The van der Waals surface area contributed by atoms with Crippen molar-refractivity contribution in [2.75, 3.05) is 34.3 Å². The molecule has 0 fully saturated rings. The summed E-state index contributed by atoms with van der Waals surface area (Å²) >= 11 is 0. The van der Waals surface area contributed by atoms with Gasteiger partial charge < -0.3 is 19.1 Å². The fraction of sp³-hybridized carbons (Fsp3) is 0.636. The first-order chi connectivity index (χ1) is 12.8. The van der Waals surface area contributed by atoms with Crippen LogP contribution >= 0.6 is 0 Å². The summed E-state index contributed by atoms with van der Waals surface area (Å²) in [4.78, 5) is 23.8. The van der Waals surface area contributed by atoms with E-state index < -0.39 is 17.5 Å². The summed E-state index contributed by atoms with van der Waals surface area (Å²) in [7, 11) is 5.83. The van der Waals surface area contributed by atoms with Crippen LogP contribution in [-0.4, -0.2) is 61.9 Å². The lowest BCUT2D eigenvalue weighted by Gasteiger charge is -2.31. The molecule has 0 aliphatic rings. The summed E-state index contributed by atoms with van der Waals surface area (Å²) in [6.45, 7) is 8.65. The minimum atomic E-state index is -0.967. The van der Waals surface area contributed by atoms with Crippen LogP contribution in [0, 0.1) is 19.3 Å². The normalized spacial score (nSPS) is 13.1. The van der Waals surface area contributed by atoms with Gasteiger partial charge in [0.15, 0.2) is 6.10 Å². The maximum absolute atomic E-state index is 12.6. The van der Waals surface area contributed by atoms with Crippen LogP contribution in [0.3, 0.4) is 0 Å². The van der Waals surface area contributed by atoms with Gasteiger partial charge in [-0.3, -0.25) is 9.59 Å². The average molecular weight is 395 g/mol. The lowest BCUT2D eigenvalue weighted by Crippen LogP contribution is -2.45. The molecule has 0 saturated heterocycles. The average Bonchev–Trinajstić information content (AvgIpc) is 2.52. The summed E-state index contributed by atoms with van der Waals surface area (Å²) in [5.41, 5.74) is 1.53. The number of hydrogen-bond donors (Lipinski definition) is 1. The summed E-state index contributed by atoms with van der Waals surface area (Å²) in [6, 6.07) is 6.09. The summed E-state index contributed by atoms with van der Waals surface area (Å²) < 4.78 is 12.0. The number of rotatable bonds is 11. The van der Waals surface area contributed by atoms with Crippen molar-refractivity contribution in [2.24, 2.45) is 5.41 Å². The summed E-state index contributed by atoms with van der Waals surface area (Å²) in [5.74, 6) is -0.463. The second-order valence-corrected chi connectivity index (χ2v) is 9.20. The highest BCUT2D eigenvalue weighted by Gasteiger charge is 2.33. The van der Waals surface area contributed by atoms with Gasteiger partial charge in [-0.05, 0) is 57.7 Å². The number of aliphatic carboxylic acids is 1. The molecule has 0 aliphatic carbocycles. The number of carboxylic acid groups (broad SMARTS) is 1. The van der Waals surface area contributed by atoms with Crippen LogP contribution < -0.4 is 4.74 Å². The molecular formula is C22H36NO5+. The Morgan fingerprint density at radius 3 is 2.39 bits per heavy atom. The fourth-order valence-electron chi connectivity index (χ4n) is 2.92. The number of benzene rings is 1. The monoisotopic (exact) mass is 394 g/mol. The van der Waals surface area contributed by atoms with Crippen molar-refractivity contribution >= 4 is 11.9 Å². The maximum Gasteiger partial charge on any atom is 0.312 e. The number of hydrogen-bond acceptors (Lipinski definition) is 4. The number of likely N-dealkylation sites (N-methyl/N-ethyl adjacent to an activating group) is 1. The Hall–Kier alpha value is -2.08. The van der Waals surface area contributed by atoms with Crippen molar-refractivity contribution in [3.63, 3.8) is 0 Å². The lowest BCUT2D eigenvalue weighted by atomic mass is 9.88. The largest absolute Gasteiger partial charge is 0.493 e. The van der Waals surface area contributed by atoms with E-state index in [2.05, 4.69) is 0 Å². The zero-order chi connectivity index (χ0) is 21.5.